The van der Waals surface area contributed by atoms with Gasteiger partial charge < -0.3 is 15.1 Å². The van der Waals surface area contributed by atoms with Gasteiger partial charge in [-0.05, 0) is 17.5 Å². The molecule has 1 aromatic heterocycles. The van der Waals surface area contributed by atoms with E-state index in [0.29, 0.717) is 6.54 Å². The Hall–Kier alpha value is -0.580. The summed E-state index contributed by atoms with van der Waals surface area (Å²) in [7, 11) is 1.89. The van der Waals surface area contributed by atoms with Gasteiger partial charge in [0.15, 0.2) is 0 Å². The van der Waals surface area contributed by atoms with Crippen LogP contribution in [0.15, 0.2) is 17.5 Å². The molecule has 1 atom stereocenters. The summed E-state index contributed by atoms with van der Waals surface area (Å²) in [6, 6.07) is 3.94. The molecule has 2 N–H and O–H groups in total. The molecule has 0 aliphatic rings. The monoisotopic (exact) mass is 187 g/mol. The first-order chi connectivity index (χ1) is 5.74. The van der Waals surface area contributed by atoms with E-state index in [4.69, 9.17) is 10.2 Å². The van der Waals surface area contributed by atoms with Crippen LogP contribution >= 0.6 is 11.3 Å². The molecule has 0 aliphatic carbocycles. The zero-order valence-electron chi connectivity index (χ0n) is 6.97. The van der Waals surface area contributed by atoms with Gasteiger partial charge in [0.05, 0.1) is 17.7 Å². The average molecular weight is 187 g/mol. The number of anilines is 1. The highest BCUT2D eigenvalue weighted by Crippen LogP contribution is 2.19. The van der Waals surface area contributed by atoms with E-state index in [0.717, 1.165) is 5.00 Å². The molecular formula is C8H13NO2S. The van der Waals surface area contributed by atoms with Gasteiger partial charge in [-0.3, -0.25) is 0 Å². The quantitative estimate of drug-likeness (QED) is 0.723. The van der Waals surface area contributed by atoms with E-state index < -0.39 is 6.10 Å². The predicted octanol–water partition coefficient (Wildman–Crippen LogP) is 0.537. The van der Waals surface area contributed by atoms with Crippen LogP contribution in [-0.4, -0.2) is 36.5 Å². The first-order valence-electron chi connectivity index (χ1n) is 3.77. The second kappa shape index (κ2) is 4.45. The van der Waals surface area contributed by atoms with Crippen molar-refractivity contribution in [1.82, 2.24) is 0 Å². The summed E-state index contributed by atoms with van der Waals surface area (Å²) in [5.74, 6) is 0. The Morgan fingerprint density at radius 1 is 1.67 bits per heavy atom. The minimum absolute atomic E-state index is 0.185. The van der Waals surface area contributed by atoms with Crippen molar-refractivity contribution in [2.45, 2.75) is 6.10 Å². The molecule has 0 saturated carbocycles. The Morgan fingerprint density at radius 2 is 2.42 bits per heavy atom. The number of likely N-dealkylation sites (N-methyl/N-ethyl adjacent to an activating group) is 1. The molecule has 1 rings (SSSR count). The van der Waals surface area contributed by atoms with Crippen molar-refractivity contribution in [3.63, 3.8) is 0 Å². The average Bonchev–Trinajstić information content (AvgIpc) is 2.56. The van der Waals surface area contributed by atoms with Gasteiger partial charge in [0, 0.05) is 13.6 Å². The molecule has 0 radical (unpaired) electrons. The van der Waals surface area contributed by atoms with Gasteiger partial charge in [-0.15, -0.1) is 11.3 Å². The molecule has 0 saturated heterocycles. The lowest BCUT2D eigenvalue weighted by Gasteiger charge is -2.19. The number of thiophene rings is 1. The minimum Gasteiger partial charge on any atom is -0.394 e. The topological polar surface area (TPSA) is 43.7 Å². The van der Waals surface area contributed by atoms with Crippen LogP contribution in [0.25, 0.3) is 0 Å². The lowest BCUT2D eigenvalue weighted by atomic mass is 10.3. The minimum atomic E-state index is -0.655. The van der Waals surface area contributed by atoms with Crippen molar-refractivity contribution in [2.75, 3.05) is 25.1 Å². The summed E-state index contributed by atoms with van der Waals surface area (Å²) in [5.41, 5.74) is 0. The zero-order valence-corrected chi connectivity index (χ0v) is 7.79. The summed E-state index contributed by atoms with van der Waals surface area (Å²) in [6.45, 7) is 0.284. The lowest BCUT2D eigenvalue weighted by molar-refractivity contribution is 0.101. The van der Waals surface area contributed by atoms with Gasteiger partial charge in [-0.2, -0.15) is 0 Å². The van der Waals surface area contributed by atoms with E-state index in [1.54, 1.807) is 11.3 Å². The van der Waals surface area contributed by atoms with Crippen molar-refractivity contribution in [3.05, 3.63) is 17.5 Å². The number of aliphatic hydroxyl groups is 2. The molecule has 0 aliphatic heterocycles. The molecule has 1 heterocycles. The standard InChI is InChI=1S/C8H13NO2S/c1-9(5-7(11)6-10)8-3-2-4-12-8/h2-4,7,10-11H,5-6H2,1H3. The molecule has 4 heteroatoms. The Bertz CT molecular complexity index is 213. The maximum atomic E-state index is 9.14. The van der Waals surface area contributed by atoms with Crippen LogP contribution in [0.2, 0.25) is 0 Å². The number of nitrogens with zero attached hydrogens (tertiary/aromatic N) is 1. The van der Waals surface area contributed by atoms with Crippen molar-refractivity contribution in [2.24, 2.45) is 0 Å². The molecule has 0 amide bonds. The van der Waals surface area contributed by atoms with Crippen LogP contribution in [0.3, 0.4) is 0 Å². The highest BCUT2D eigenvalue weighted by molar-refractivity contribution is 7.14. The van der Waals surface area contributed by atoms with E-state index in [9.17, 15) is 0 Å². The molecule has 68 valence electrons. The summed E-state index contributed by atoms with van der Waals surface area (Å²) >= 11 is 1.62. The van der Waals surface area contributed by atoms with Crippen LogP contribution in [0.1, 0.15) is 0 Å². The summed E-state index contributed by atoms with van der Waals surface area (Å²) < 4.78 is 0. The molecule has 1 unspecified atom stereocenters. The van der Waals surface area contributed by atoms with Crippen LogP contribution in [0.4, 0.5) is 5.00 Å². The van der Waals surface area contributed by atoms with Crippen LogP contribution in [0.5, 0.6) is 0 Å². The highest BCUT2D eigenvalue weighted by atomic mass is 32.1. The van der Waals surface area contributed by atoms with E-state index in [2.05, 4.69) is 0 Å². The fourth-order valence-corrected chi connectivity index (χ4v) is 1.66. The third-order valence-electron chi connectivity index (χ3n) is 1.58. The fourth-order valence-electron chi connectivity index (χ4n) is 0.951. The number of rotatable bonds is 4. The lowest BCUT2D eigenvalue weighted by Crippen LogP contribution is -2.30. The summed E-state index contributed by atoms with van der Waals surface area (Å²) in [6.07, 6.45) is -0.655. The molecule has 1 aromatic rings. The van der Waals surface area contributed by atoms with Crippen molar-refractivity contribution < 1.29 is 10.2 Å². The zero-order chi connectivity index (χ0) is 8.97. The van der Waals surface area contributed by atoms with E-state index in [1.165, 1.54) is 0 Å². The molecule has 12 heavy (non-hydrogen) atoms. The van der Waals surface area contributed by atoms with Crippen molar-refractivity contribution in [3.8, 4) is 0 Å². The molecular weight excluding hydrogens is 174 g/mol. The van der Waals surface area contributed by atoms with E-state index in [1.807, 2.05) is 29.5 Å². The molecule has 0 spiro atoms. The highest BCUT2D eigenvalue weighted by Gasteiger charge is 2.07. The molecule has 0 bridgehead atoms. The number of hydrogen-bond donors (Lipinski definition) is 2. The fraction of sp³-hybridized carbons (Fsp3) is 0.500. The second-order valence-corrected chi connectivity index (χ2v) is 3.59. The smallest absolute Gasteiger partial charge is 0.0945 e. The van der Waals surface area contributed by atoms with Crippen molar-refractivity contribution in [1.29, 1.82) is 0 Å². The first-order valence-corrected chi connectivity index (χ1v) is 4.65. The second-order valence-electron chi connectivity index (χ2n) is 2.67. The van der Waals surface area contributed by atoms with E-state index >= 15 is 0 Å². The number of aliphatic hydroxyl groups excluding tert-OH is 2. The van der Waals surface area contributed by atoms with Gasteiger partial charge >= 0.3 is 0 Å². The Kier molecular flexibility index (Phi) is 3.52. The summed E-state index contributed by atoms with van der Waals surface area (Å²) in [4.78, 5) is 1.92. The number of hydrogen-bond acceptors (Lipinski definition) is 4. The van der Waals surface area contributed by atoms with Crippen LogP contribution in [-0.2, 0) is 0 Å². The maximum absolute atomic E-state index is 9.14. The Morgan fingerprint density at radius 3 is 2.92 bits per heavy atom. The van der Waals surface area contributed by atoms with Gasteiger partial charge in [0.2, 0.25) is 0 Å². The van der Waals surface area contributed by atoms with Gasteiger partial charge in [-0.25, -0.2) is 0 Å². The van der Waals surface area contributed by atoms with Crippen molar-refractivity contribution >= 4 is 16.3 Å². The van der Waals surface area contributed by atoms with Crippen LogP contribution in [0, 0.1) is 0 Å². The molecule has 0 aromatic carbocycles. The van der Waals surface area contributed by atoms with Crippen LogP contribution < -0.4 is 4.90 Å². The Labute approximate surface area is 75.9 Å². The van der Waals surface area contributed by atoms with Gasteiger partial charge in [0.1, 0.15) is 0 Å². The summed E-state index contributed by atoms with van der Waals surface area (Å²) in [5, 5.41) is 20.8. The normalized spacial score (nSPS) is 12.9. The third-order valence-corrected chi connectivity index (χ3v) is 2.56. The van der Waals surface area contributed by atoms with E-state index in [-0.39, 0.29) is 6.61 Å². The predicted molar refractivity (Wildman–Crippen MR) is 50.7 cm³/mol. The molecule has 3 nitrogen and oxygen atoms in total. The molecule has 0 fully saturated rings. The van der Waals surface area contributed by atoms with Gasteiger partial charge in [0.25, 0.3) is 0 Å². The third kappa shape index (κ3) is 2.48. The maximum Gasteiger partial charge on any atom is 0.0945 e. The first kappa shape index (κ1) is 9.51. The Balaban J connectivity index is 2.44. The SMILES string of the molecule is CN(CC(O)CO)c1cccs1. The van der Waals surface area contributed by atoms with Gasteiger partial charge in [-0.1, -0.05) is 0 Å². The largest absolute Gasteiger partial charge is 0.394 e.